The predicted molar refractivity (Wildman–Crippen MR) is 98.3 cm³/mol. The fraction of sp³-hybridized carbons (Fsp3) is 0.600. The van der Waals surface area contributed by atoms with Crippen molar-refractivity contribution < 1.29 is 14.3 Å². The van der Waals surface area contributed by atoms with E-state index in [1.54, 1.807) is 7.11 Å². The normalized spacial score (nSPS) is 20.1. The Kier molecular flexibility index (Phi) is 7.00. The van der Waals surface area contributed by atoms with Crippen molar-refractivity contribution in [3.8, 4) is 0 Å². The molecule has 0 aliphatic carbocycles. The number of benzene rings is 1. The molecule has 138 valence electrons. The molecule has 1 aromatic rings. The number of nitrogens with zero attached hydrogens (tertiary/aromatic N) is 1. The van der Waals surface area contributed by atoms with Crippen LogP contribution < -0.4 is 5.32 Å². The Hall–Kier alpha value is -1.88. The van der Waals surface area contributed by atoms with Crippen LogP contribution in [-0.2, 0) is 14.3 Å². The molecule has 2 atom stereocenters. The van der Waals surface area contributed by atoms with Crippen molar-refractivity contribution >= 4 is 11.8 Å². The van der Waals surface area contributed by atoms with Crippen LogP contribution >= 0.6 is 0 Å². The summed E-state index contributed by atoms with van der Waals surface area (Å²) in [6.45, 7) is 8.21. The van der Waals surface area contributed by atoms with Gasteiger partial charge in [-0.15, -0.1) is 0 Å². The number of hydrogen-bond acceptors (Lipinski definition) is 3. The molecule has 1 N–H and O–H groups in total. The number of hydrogen-bond donors (Lipinski definition) is 1. The van der Waals surface area contributed by atoms with Gasteiger partial charge in [0.1, 0.15) is 0 Å². The first-order valence-corrected chi connectivity index (χ1v) is 9.03. The monoisotopic (exact) mass is 346 g/mol. The van der Waals surface area contributed by atoms with E-state index in [1.807, 2.05) is 25.7 Å². The minimum atomic E-state index is -0.212. The Labute approximate surface area is 150 Å². The van der Waals surface area contributed by atoms with Crippen molar-refractivity contribution in [1.82, 2.24) is 10.2 Å². The van der Waals surface area contributed by atoms with Crippen molar-refractivity contribution in [2.24, 2.45) is 11.8 Å². The van der Waals surface area contributed by atoms with Gasteiger partial charge in [-0.2, -0.15) is 0 Å². The molecule has 5 nitrogen and oxygen atoms in total. The van der Waals surface area contributed by atoms with Crippen molar-refractivity contribution in [3.05, 3.63) is 35.4 Å². The third-order valence-electron chi connectivity index (χ3n) is 4.70. The molecule has 0 spiro atoms. The Morgan fingerprint density at radius 3 is 2.52 bits per heavy atom. The van der Waals surface area contributed by atoms with Crippen LogP contribution in [0.3, 0.4) is 0 Å². The maximum absolute atomic E-state index is 12.7. The number of ether oxygens (including phenoxy) is 1. The number of carbonyl (C=O) groups is 2. The maximum atomic E-state index is 12.7. The van der Waals surface area contributed by atoms with Crippen LogP contribution in [0.4, 0.5) is 0 Å². The van der Waals surface area contributed by atoms with Crippen LogP contribution in [0.15, 0.2) is 24.3 Å². The van der Waals surface area contributed by atoms with E-state index in [9.17, 15) is 9.59 Å². The zero-order valence-corrected chi connectivity index (χ0v) is 15.7. The van der Waals surface area contributed by atoms with E-state index in [2.05, 4.69) is 29.6 Å². The Bertz CT molecular complexity index is 583. The van der Waals surface area contributed by atoms with Crippen LogP contribution in [0.2, 0.25) is 0 Å². The molecule has 1 aromatic carbocycles. The van der Waals surface area contributed by atoms with Crippen molar-refractivity contribution in [2.75, 3.05) is 33.4 Å². The number of amides is 2. The van der Waals surface area contributed by atoms with Gasteiger partial charge in [0.05, 0.1) is 12.5 Å². The second-order valence-corrected chi connectivity index (χ2v) is 7.30. The van der Waals surface area contributed by atoms with Gasteiger partial charge in [-0.05, 0) is 18.4 Å². The number of likely N-dealkylation sites (tertiary alicyclic amines) is 1. The molecule has 0 aromatic heterocycles. The number of aryl methyl sites for hydroxylation is 1. The average Bonchev–Trinajstić information content (AvgIpc) is 3.00. The quantitative estimate of drug-likeness (QED) is 0.771. The van der Waals surface area contributed by atoms with E-state index < -0.39 is 0 Å². The summed E-state index contributed by atoms with van der Waals surface area (Å²) in [4.78, 5) is 27.0. The van der Waals surface area contributed by atoms with Crippen molar-refractivity contribution in [2.45, 2.75) is 33.1 Å². The highest BCUT2D eigenvalue weighted by atomic mass is 16.5. The topological polar surface area (TPSA) is 58.6 Å². The Morgan fingerprint density at radius 2 is 1.92 bits per heavy atom. The van der Waals surface area contributed by atoms with Crippen LogP contribution in [0, 0.1) is 18.8 Å². The number of methoxy groups -OCH3 is 1. The molecule has 0 bridgehead atoms. The standard InChI is InChI=1S/C20H30N2O3/c1-14(2)11-19(23)22-12-17(16-7-5-15(3)6-8-16)18(13-22)20(24)21-9-10-25-4/h5-8,14,17-18H,9-13H2,1-4H3,(H,21,24). The van der Waals surface area contributed by atoms with Gasteiger partial charge in [-0.3, -0.25) is 9.59 Å². The maximum Gasteiger partial charge on any atom is 0.225 e. The summed E-state index contributed by atoms with van der Waals surface area (Å²) in [5, 5.41) is 2.93. The molecule has 2 unspecified atom stereocenters. The summed E-state index contributed by atoms with van der Waals surface area (Å²) < 4.78 is 5.00. The molecule has 1 aliphatic heterocycles. The molecule has 1 aliphatic rings. The lowest BCUT2D eigenvalue weighted by molar-refractivity contribution is -0.131. The highest BCUT2D eigenvalue weighted by Crippen LogP contribution is 2.33. The molecule has 0 saturated carbocycles. The first kappa shape index (κ1) is 19.4. The molecule has 5 heteroatoms. The van der Waals surface area contributed by atoms with Crippen molar-refractivity contribution in [1.29, 1.82) is 0 Å². The van der Waals surface area contributed by atoms with Gasteiger partial charge in [0.15, 0.2) is 0 Å². The van der Waals surface area contributed by atoms with Gasteiger partial charge in [0.2, 0.25) is 11.8 Å². The van der Waals surface area contributed by atoms with Gasteiger partial charge in [-0.1, -0.05) is 43.7 Å². The van der Waals surface area contributed by atoms with Gasteiger partial charge < -0.3 is 15.0 Å². The molecule has 1 heterocycles. The summed E-state index contributed by atoms with van der Waals surface area (Å²) in [5.74, 6) is 0.289. The zero-order chi connectivity index (χ0) is 18.4. The number of nitrogens with one attached hydrogen (secondary N) is 1. The molecule has 1 fully saturated rings. The molecular formula is C20H30N2O3. The van der Waals surface area contributed by atoms with Crippen LogP contribution in [0.25, 0.3) is 0 Å². The first-order valence-electron chi connectivity index (χ1n) is 9.03. The smallest absolute Gasteiger partial charge is 0.225 e. The minimum Gasteiger partial charge on any atom is -0.383 e. The molecule has 0 radical (unpaired) electrons. The number of rotatable bonds is 7. The summed E-state index contributed by atoms with van der Waals surface area (Å²) in [6.07, 6.45) is 0.526. The second-order valence-electron chi connectivity index (χ2n) is 7.30. The third-order valence-corrected chi connectivity index (χ3v) is 4.70. The van der Waals surface area contributed by atoms with Gasteiger partial charge in [-0.25, -0.2) is 0 Å². The summed E-state index contributed by atoms with van der Waals surface area (Å²) >= 11 is 0. The lowest BCUT2D eigenvalue weighted by atomic mass is 9.88. The third kappa shape index (κ3) is 5.30. The van der Waals surface area contributed by atoms with E-state index in [0.29, 0.717) is 38.6 Å². The first-order chi connectivity index (χ1) is 11.9. The zero-order valence-electron chi connectivity index (χ0n) is 15.7. The van der Waals surface area contributed by atoms with E-state index in [-0.39, 0.29) is 23.7 Å². The predicted octanol–water partition coefficient (Wildman–Crippen LogP) is 2.35. The lowest BCUT2D eigenvalue weighted by Gasteiger charge is -2.18. The highest BCUT2D eigenvalue weighted by Gasteiger charge is 2.40. The molecular weight excluding hydrogens is 316 g/mol. The lowest BCUT2D eigenvalue weighted by Crippen LogP contribution is -2.37. The second kappa shape index (κ2) is 8.99. The largest absolute Gasteiger partial charge is 0.383 e. The van der Waals surface area contributed by atoms with Crippen LogP contribution in [0.5, 0.6) is 0 Å². The Morgan fingerprint density at radius 1 is 1.24 bits per heavy atom. The fourth-order valence-electron chi connectivity index (χ4n) is 3.31. The fourth-order valence-corrected chi connectivity index (χ4v) is 3.31. The summed E-state index contributed by atoms with van der Waals surface area (Å²) in [6, 6.07) is 8.28. The van der Waals surface area contributed by atoms with E-state index in [4.69, 9.17) is 4.74 Å². The van der Waals surface area contributed by atoms with E-state index in [1.165, 1.54) is 5.56 Å². The van der Waals surface area contributed by atoms with E-state index in [0.717, 1.165) is 5.56 Å². The molecule has 2 rings (SSSR count). The minimum absolute atomic E-state index is 0.00229. The highest BCUT2D eigenvalue weighted by molar-refractivity contribution is 5.83. The Balaban J connectivity index is 2.14. The number of carbonyl (C=O) groups excluding carboxylic acids is 2. The van der Waals surface area contributed by atoms with Crippen LogP contribution in [-0.4, -0.2) is 50.1 Å². The van der Waals surface area contributed by atoms with Crippen LogP contribution in [0.1, 0.15) is 37.3 Å². The van der Waals surface area contributed by atoms with E-state index >= 15 is 0 Å². The molecule has 1 saturated heterocycles. The van der Waals surface area contributed by atoms with Gasteiger partial charge in [0, 0.05) is 39.1 Å². The van der Waals surface area contributed by atoms with Gasteiger partial charge in [0.25, 0.3) is 0 Å². The SMILES string of the molecule is COCCNC(=O)C1CN(C(=O)CC(C)C)CC1c1ccc(C)cc1. The molecule has 2 amide bonds. The molecule has 25 heavy (non-hydrogen) atoms. The summed E-state index contributed by atoms with van der Waals surface area (Å²) in [5.41, 5.74) is 2.31. The summed E-state index contributed by atoms with van der Waals surface area (Å²) in [7, 11) is 1.61. The average molecular weight is 346 g/mol. The van der Waals surface area contributed by atoms with Crippen molar-refractivity contribution in [3.63, 3.8) is 0 Å². The van der Waals surface area contributed by atoms with Gasteiger partial charge >= 0.3 is 0 Å².